The van der Waals surface area contributed by atoms with Gasteiger partial charge in [-0.1, -0.05) is 23.7 Å². The highest BCUT2D eigenvalue weighted by atomic mass is 35.5. The summed E-state index contributed by atoms with van der Waals surface area (Å²) >= 11 is 6.22. The maximum atomic E-state index is 12.7. The van der Waals surface area contributed by atoms with Gasteiger partial charge < -0.3 is 9.64 Å². The van der Waals surface area contributed by atoms with Gasteiger partial charge in [-0.3, -0.25) is 9.48 Å². The summed E-state index contributed by atoms with van der Waals surface area (Å²) in [6.07, 6.45) is 5.33. The third-order valence-electron chi connectivity index (χ3n) is 4.63. The molecule has 1 saturated heterocycles. The molecular formula is C19H22ClN3O2. The number of nitrogens with zero attached hydrogens (tertiary/aromatic N) is 3. The van der Waals surface area contributed by atoms with Crippen LogP contribution in [0.5, 0.6) is 5.75 Å². The number of carbonyl (C=O) groups is 1. The van der Waals surface area contributed by atoms with Gasteiger partial charge in [-0.05, 0) is 43.5 Å². The van der Waals surface area contributed by atoms with E-state index in [9.17, 15) is 4.79 Å². The summed E-state index contributed by atoms with van der Waals surface area (Å²) < 4.78 is 6.81. The van der Waals surface area contributed by atoms with Gasteiger partial charge in [-0.15, -0.1) is 0 Å². The van der Waals surface area contributed by atoms with Crippen LogP contribution >= 0.6 is 11.6 Å². The summed E-state index contributed by atoms with van der Waals surface area (Å²) in [6.45, 7) is 2.64. The first-order chi connectivity index (χ1) is 12.0. The zero-order valence-electron chi connectivity index (χ0n) is 14.7. The van der Waals surface area contributed by atoms with E-state index in [1.165, 1.54) is 0 Å². The van der Waals surface area contributed by atoms with E-state index in [2.05, 4.69) is 5.10 Å². The van der Waals surface area contributed by atoms with Crippen molar-refractivity contribution in [2.24, 2.45) is 7.05 Å². The molecule has 0 saturated carbocycles. The van der Waals surface area contributed by atoms with E-state index in [1.54, 1.807) is 31.0 Å². The third kappa shape index (κ3) is 3.56. The van der Waals surface area contributed by atoms with Crippen LogP contribution in [0, 0.1) is 6.92 Å². The van der Waals surface area contributed by atoms with Gasteiger partial charge in [-0.2, -0.15) is 5.10 Å². The summed E-state index contributed by atoms with van der Waals surface area (Å²) in [5.74, 6) is 0.818. The van der Waals surface area contributed by atoms with Gasteiger partial charge in [-0.25, -0.2) is 0 Å². The Morgan fingerprint density at radius 1 is 1.36 bits per heavy atom. The van der Waals surface area contributed by atoms with E-state index >= 15 is 0 Å². The third-order valence-corrected chi connectivity index (χ3v) is 5.07. The van der Waals surface area contributed by atoms with Crippen molar-refractivity contribution in [3.8, 4) is 5.75 Å². The van der Waals surface area contributed by atoms with Crippen LogP contribution in [0.3, 0.4) is 0 Å². The molecule has 1 aliphatic heterocycles. The highest BCUT2D eigenvalue weighted by Gasteiger charge is 2.28. The standard InChI is InChI=1S/C19H22ClN3O2/c1-13-16(19(20)22(2)21-13)10-11-18(24)23-12-4-5-17(23)14-6-8-15(25-3)9-7-14/h6-11,17H,4-5,12H2,1-3H3/b11-10+. The Bertz CT molecular complexity index is 796. The number of benzene rings is 1. The highest BCUT2D eigenvalue weighted by molar-refractivity contribution is 6.31. The predicted molar refractivity (Wildman–Crippen MR) is 98.7 cm³/mol. The fourth-order valence-corrected chi connectivity index (χ4v) is 3.53. The molecule has 0 spiro atoms. The lowest BCUT2D eigenvalue weighted by atomic mass is 10.0. The van der Waals surface area contributed by atoms with Gasteiger partial charge in [0.2, 0.25) is 5.91 Å². The van der Waals surface area contributed by atoms with Crippen LogP contribution in [0.2, 0.25) is 5.15 Å². The molecule has 1 aliphatic rings. The van der Waals surface area contributed by atoms with E-state index in [0.29, 0.717) is 5.15 Å². The zero-order valence-corrected chi connectivity index (χ0v) is 15.5. The number of hydrogen-bond acceptors (Lipinski definition) is 3. The van der Waals surface area contributed by atoms with Gasteiger partial charge in [0, 0.05) is 25.2 Å². The number of ether oxygens (including phenoxy) is 1. The molecule has 132 valence electrons. The Morgan fingerprint density at radius 2 is 2.08 bits per heavy atom. The number of hydrogen-bond donors (Lipinski definition) is 0. The summed E-state index contributed by atoms with van der Waals surface area (Å²) in [7, 11) is 3.44. The van der Waals surface area contributed by atoms with Gasteiger partial charge in [0.05, 0.1) is 18.8 Å². The second kappa shape index (κ2) is 7.31. The maximum Gasteiger partial charge on any atom is 0.247 e. The number of likely N-dealkylation sites (tertiary alicyclic amines) is 1. The van der Waals surface area contributed by atoms with Crippen molar-refractivity contribution >= 4 is 23.6 Å². The molecule has 1 fully saturated rings. The molecule has 2 heterocycles. The van der Waals surface area contributed by atoms with Gasteiger partial charge in [0.25, 0.3) is 0 Å². The van der Waals surface area contributed by atoms with Crippen molar-refractivity contribution < 1.29 is 9.53 Å². The molecule has 0 radical (unpaired) electrons. The Balaban J connectivity index is 1.77. The van der Waals surface area contributed by atoms with Crippen LogP contribution in [0.25, 0.3) is 6.08 Å². The van der Waals surface area contributed by atoms with Crippen molar-refractivity contribution in [3.63, 3.8) is 0 Å². The molecule has 25 heavy (non-hydrogen) atoms. The molecule has 1 aromatic heterocycles. The van der Waals surface area contributed by atoms with E-state index in [4.69, 9.17) is 16.3 Å². The van der Waals surface area contributed by atoms with Crippen LogP contribution in [0.1, 0.15) is 35.7 Å². The molecule has 0 bridgehead atoms. The lowest BCUT2D eigenvalue weighted by molar-refractivity contribution is -0.126. The molecule has 6 heteroatoms. The van der Waals surface area contributed by atoms with Crippen molar-refractivity contribution in [2.45, 2.75) is 25.8 Å². The molecule has 0 N–H and O–H groups in total. The molecular weight excluding hydrogens is 338 g/mol. The van der Waals surface area contributed by atoms with Gasteiger partial charge in [0.1, 0.15) is 10.9 Å². The number of halogens is 1. The van der Waals surface area contributed by atoms with Crippen LogP contribution < -0.4 is 4.74 Å². The fourth-order valence-electron chi connectivity index (χ4n) is 3.29. The smallest absolute Gasteiger partial charge is 0.247 e. The minimum atomic E-state index is -0.00219. The minimum Gasteiger partial charge on any atom is -0.497 e. The quantitative estimate of drug-likeness (QED) is 0.781. The Kier molecular flexibility index (Phi) is 5.13. The van der Waals surface area contributed by atoms with Crippen molar-refractivity contribution in [1.29, 1.82) is 0 Å². The van der Waals surface area contributed by atoms with E-state index in [0.717, 1.165) is 42.0 Å². The maximum absolute atomic E-state index is 12.7. The van der Waals surface area contributed by atoms with Crippen molar-refractivity contribution in [2.75, 3.05) is 13.7 Å². The second-order valence-electron chi connectivity index (χ2n) is 6.21. The average Bonchev–Trinajstić information content (AvgIpc) is 3.19. The summed E-state index contributed by atoms with van der Waals surface area (Å²) in [5, 5.41) is 4.80. The van der Waals surface area contributed by atoms with Gasteiger partial charge in [0.15, 0.2) is 0 Å². The largest absolute Gasteiger partial charge is 0.497 e. The van der Waals surface area contributed by atoms with E-state index in [1.807, 2.05) is 36.1 Å². The Morgan fingerprint density at radius 3 is 2.68 bits per heavy atom. The first-order valence-corrected chi connectivity index (χ1v) is 8.70. The molecule has 1 atom stereocenters. The van der Waals surface area contributed by atoms with Crippen LogP contribution in [0.4, 0.5) is 0 Å². The van der Waals surface area contributed by atoms with Crippen molar-refractivity contribution in [1.82, 2.24) is 14.7 Å². The minimum absolute atomic E-state index is 0.00219. The molecule has 0 aliphatic carbocycles. The predicted octanol–water partition coefficient (Wildman–Crippen LogP) is 3.77. The molecule has 5 nitrogen and oxygen atoms in total. The normalized spacial score (nSPS) is 17.4. The van der Waals surface area contributed by atoms with Crippen LogP contribution in [-0.2, 0) is 11.8 Å². The monoisotopic (exact) mass is 359 g/mol. The molecule has 2 aromatic rings. The number of carbonyl (C=O) groups excluding carboxylic acids is 1. The fraction of sp³-hybridized carbons (Fsp3) is 0.368. The molecule has 1 aromatic carbocycles. The van der Waals surface area contributed by atoms with Gasteiger partial charge >= 0.3 is 0 Å². The lowest BCUT2D eigenvalue weighted by Crippen LogP contribution is -2.28. The molecule has 1 amide bonds. The molecule has 3 rings (SSSR count). The number of amides is 1. The first kappa shape index (κ1) is 17.5. The topological polar surface area (TPSA) is 47.4 Å². The Hall–Kier alpha value is -2.27. The molecule has 1 unspecified atom stereocenters. The summed E-state index contributed by atoms with van der Waals surface area (Å²) in [6, 6.07) is 8.03. The summed E-state index contributed by atoms with van der Waals surface area (Å²) in [5.41, 5.74) is 2.73. The zero-order chi connectivity index (χ0) is 18.0. The summed E-state index contributed by atoms with van der Waals surface area (Å²) in [4.78, 5) is 14.6. The number of aryl methyl sites for hydroxylation is 2. The lowest BCUT2D eigenvalue weighted by Gasteiger charge is -2.24. The highest BCUT2D eigenvalue weighted by Crippen LogP contribution is 2.33. The average molecular weight is 360 g/mol. The number of aromatic nitrogens is 2. The Labute approximate surface area is 152 Å². The number of rotatable bonds is 4. The first-order valence-electron chi connectivity index (χ1n) is 8.33. The SMILES string of the molecule is COc1ccc(C2CCCN2C(=O)/C=C/c2c(C)nn(C)c2Cl)cc1. The van der Waals surface area contributed by atoms with Crippen LogP contribution in [0.15, 0.2) is 30.3 Å². The van der Waals surface area contributed by atoms with Crippen molar-refractivity contribution in [3.05, 3.63) is 52.3 Å². The van der Waals surface area contributed by atoms with E-state index < -0.39 is 0 Å². The van der Waals surface area contributed by atoms with Crippen LogP contribution in [-0.4, -0.2) is 34.2 Å². The second-order valence-corrected chi connectivity index (χ2v) is 6.57. The van der Waals surface area contributed by atoms with E-state index in [-0.39, 0.29) is 11.9 Å². The number of methoxy groups -OCH3 is 1.